The zero-order valence-electron chi connectivity index (χ0n) is 13.0. The highest BCUT2D eigenvalue weighted by atomic mass is 79.9. The van der Waals surface area contributed by atoms with Crippen LogP contribution in [0.1, 0.15) is 5.56 Å². The number of rotatable bonds is 7. The number of benzene rings is 2. The van der Waals surface area contributed by atoms with Gasteiger partial charge in [-0.05, 0) is 42.3 Å². The van der Waals surface area contributed by atoms with Crippen molar-refractivity contribution in [1.29, 1.82) is 0 Å². The summed E-state index contributed by atoms with van der Waals surface area (Å²) < 4.78 is 31.5. The largest absolute Gasteiger partial charge is 0.495 e. The molecule has 0 unspecified atom stereocenters. The van der Waals surface area contributed by atoms with Gasteiger partial charge >= 0.3 is 0 Å². The summed E-state index contributed by atoms with van der Waals surface area (Å²) in [6.07, 6.45) is 1.98. The van der Waals surface area contributed by atoms with Gasteiger partial charge in [0.1, 0.15) is 5.75 Å². The van der Waals surface area contributed by atoms with E-state index in [1.165, 1.54) is 12.7 Å². The van der Waals surface area contributed by atoms with Crippen LogP contribution in [0.15, 0.2) is 46.9 Å². The third kappa shape index (κ3) is 5.76. The van der Waals surface area contributed by atoms with E-state index in [0.717, 1.165) is 29.4 Å². The van der Waals surface area contributed by atoms with Crippen LogP contribution < -0.4 is 14.8 Å². The molecule has 0 amide bonds. The van der Waals surface area contributed by atoms with Crippen molar-refractivity contribution < 1.29 is 13.2 Å². The van der Waals surface area contributed by atoms with Crippen molar-refractivity contribution in [2.45, 2.75) is 6.42 Å². The van der Waals surface area contributed by atoms with E-state index in [1.54, 1.807) is 12.1 Å². The lowest BCUT2D eigenvalue weighted by Crippen LogP contribution is -2.11. The summed E-state index contributed by atoms with van der Waals surface area (Å²) in [7, 11) is -1.85. The van der Waals surface area contributed by atoms with Gasteiger partial charge < -0.3 is 10.1 Å². The first kappa shape index (κ1) is 17.6. The molecule has 0 aromatic heterocycles. The molecule has 2 aromatic rings. The lowest BCUT2D eigenvalue weighted by Gasteiger charge is -2.13. The third-order valence-electron chi connectivity index (χ3n) is 3.15. The molecule has 0 heterocycles. The Morgan fingerprint density at radius 2 is 1.83 bits per heavy atom. The Morgan fingerprint density at radius 3 is 2.43 bits per heavy atom. The summed E-state index contributed by atoms with van der Waals surface area (Å²) in [4.78, 5) is 0. The summed E-state index contributed by atoms with van der Waals surface area (Å²) >= 11 is 3.41. The van der Waals surface area contributed by atoms with Gasteiger partial charge in [-0.3, -0.25) is 4.72 Å². The van der Waals surface area contributed by atoms with E-state index in [4.69, 9.17) is 4.74 Å². The maximum Gasteiger partial charge on any atom is 0.229 e. The third-order valence-corrected chi connectivity index (χ3v) is 4.27. The van der Waals surface area contributed by atoms with Crippen molar-refractivity contribution in [1.82, 2.24) is 0 Å². The second-order valence-corrected chi connectivity index (χ2v) is 7.76. The predicted octanol–water partition coefficient (Wildman–Crippen LogP) is 3.48. The molecule has 0 aliphatic rings. The van der Waals surface area contributed by atoms with Crippen LogP contribution in [0.25, 0.3) is 0 Å². The van der Waals surface area contributed by atoms with Crippen LogP contribution in [0, 0.1) is 0 Å². The lowest BCUT2D eigenvalue weighted by molar-refractivity contribution is 0.417. The van der Waals surface area contributed by atoms with Crippen molar-refractivity contribution in [3.05, 3.63) is 52.5 Å². The molecule has 0 radical (unpaired) electrons. The van der Waals surface area contributed by atoms with Crippen molar-refractivity contribution in [3.63, 3.8) is 0 Å². The minimum absolute atomic E-state index is 0.420. The Hall–Kier alpha value is -1.73. The minimum atomic E-state index is -3.36. The number of hydrogen-bond donors (Lipinski definition) is 2. The number of halogens is 1. The molecule has 0 saturated carbocycles. The molecule has 2 rings (SSSR count). The van der Waals surface area contributed by atoms with Crippen LogP contribution in [0.5, 0.6) is 5.75 Å². The zero-order valence-corrected chi connectivity index (χ0v) is 15.4. The Labute approximate surface area is 145 Å². The average Bonchev–Trinajstić information content (AvgIpc) is 2.48. The molecule has 0 saturated heterocycles. The summed E-state index contributed by atoms with van der Waals surface area (Å²) in [6.45, 7) is 0.742. The highest BCUT2D eigenvalue weighted by Gasteiger charge is 2.09. The van der Waals surface area contributed by atoms with Crippen LogP contribution in [-0.2, 0) is 16.4 Å². The Morgan fingerprint density at radius 1 is 1.13 bits per heavy atom. The molecule has 5 nitrogen and oxygen atoms in total. The number of methoxy groups -OCH3 is 1. The molecule has 0 aliphatic carbocycles. The van der Waals surface area contributed by atoms with Crippen molar-refractivity contribution in [2.75, 3.05) is 29.9 Å². The molecule has 2 aromatic carbocycles. The van der Waals surface area contributed by atoms with Crippen LogP contribution in [0.3, 0.4) is 0 Å². The highest BCUT2D eigenvalue weighted by Crippen LogP contribution is 2.28. The maximum atomic E-state index is 11.4. The van der Waals surface area contributed by atoms with E-state index in [-0.39, 0.29) is 0 Å². The van der Waals surface area contributed by atoms with E-state index in [2.05, 4.69) is 38.1 Å². The Balaban J connectivity index is 2.02. The normalized spacial score (nSPS) is 11.1. The van der Waals surface area contributed by atoms with Crippen molar-refractivity contribution in [2.24, 2.45) is 0 Å². The molecular weight excluding hydrogens is 380 g/mol. The molecule has 0 spiro atoms. The van der Waals surface area contributed by atoms with E-state index in [9.17, 15) is 8.42 Å². The topological polar surface area (TPSA) is 67.4 Å². The monoisotopic (exact) mass is 398 g/mol. The van der Waals surface area contributed by atoms with Crippen LogP contribution in [0.2, 0.25) is 0 Å². The summed E-state index contributed by atoms with van der Waals surface area (Å²) in [6, 6.07) is 13.5. The summed E-state index contributed by atoms with van der Waals surface area (Å²) in [5.74, 6) is 0.480. The zero-order chi connectivity index (χ0) is 16.9. The van der Waals surface area contributed by atoms with Crippen LogP contribution in [-0.4, -0.2) is 28.3 Å². The van der Waals surface area contributed by atoms with E-state index in [1.807, 2.05) is 18.2 Å². The van der Waals surface area contributed by atoms with Crippen molar-refractivity contribution >= 4 is 37.3 Å². The summed E-state index contributed by atoms with van der Waals surface area (Å²) in [5, 5.41) is 3.28. The molecule has 0 bridgehead atoms. The molecule has 7 heteroatoms. The Bertz CT molecular complexity index is 761. The SMILES string of the molecule is COc1ccc(NCCc2ccc(Br)cc2)cc1NS(C)(=O)=O. The number of hydrogen-bond acceptors (Lipinski definition) is 4. The molecule has 124 valence electrons. The fourth-order valence-electron chi connectivity index (χ4n) is 2.10. The van der Waals surface area contributed by atoms with Crippen LogP contribution in [0.4, 0.5) is 11.4 Å². The number of nitrogens with one attached hydrogen (secondary N) is 2. The number of sulfonamides is 1. The maximum absolute atomic E-state index is 11.4. The summed E-state index contributed by atoms with van der Waals surface area (Å²) in [5.41, 5.74) is 2.47. The van der Waals surface area contributed by atoms with Gasteiger partial charge in [0, 0.05) is 16.7 Å². The molecular formula is C16H19BrN2O3S. The van der Waals surface area contributed by atoms with Gasteiger partial charge in [0.25, 0.3) is 0 Å². The fraction of sp³-hybridized carbons (Fsp3) is 0.250. The molecule has 2 N–H and O–H groups in total. The minimum Gasteiger partial charge on any atom is -0.495 e. The smallest absolute Gasteiger partial charge is 0.229 e. The quantitative estimate of drug-likeness (QED) is 0.748. The molecule has 0 aliphatic heterocycles. The van der Waals surface area contributed by atoms with Gasteiger partial charge in [-0.2, -0.15) is 0 Å². The van der Waals surface area contributed by atoms with Gasteiger partial charge in [-0.1, -0.05) is 28.1 Å². The van der Waals surface area contributed by atoms with Gasteiger partial charge in [0.05, 0.1) is 19.1 Å². The second-order valence-electron chi connectivity index (χ2n) is 5.09. The molecule has 23 heavy (non-hydrogen) atoms. The molecule has 0 fully saturated rings. The van der Waals surface area contributed by atoms with Gasteiger partial charge in [-0.15, -0.1) is 0 Å². The van der Waals surface area contributed by atoms with Crippen LogP contribution >= 0.6 is 15.9 Å². The van der Waals surface area contributed by atoms with E-state index in [0.29, 0.717) is 11.4 Å². The van der Waals surface area contributed by atoms with Crippen molar-refractivity contribution in [3.8, 4) is 5.75 Å². The number of ether oxygens (including phenoxy) is 1. The first-order chi connectivity index (χ1) is 10.9. The highest BCUT2D eigenvalue weighted by molar-refractivity contribution is 9.10. The van der Waals surface area contributed by atoms with Gasteiger partial charge in [0.2, 0.25) is 10.0 Å². The first-order valence-corrected chi connectivity index (χ1v) is 9.70. The fourth-order valence-corrected chi connectivity index (χ4v) is 2.92. The predicted molar refractivity (Wildman–Crippen MR) is 97.8 cm³/mol. The number of anilines is 2. The van der Waals surface area contributed by atoms with Gasteiger partial charge in [-0.25, -0.2) is 8.42 Å². The molecule has 0 atom stereocenters. The van der Waals surface area contributed by atoms with E-state index >= 15 is 0 Å². The second kappa shape index (κ2) is 7.70. The average molecular weight is 399 g/mol. The first-order valence-electron chi connectivity index (χ1n) is 7.01. The lowest BCUT2D eigenvalue weighted by atomic mass is 10.1. The standard InChI is InChI=1S/C16H19BrN2O3S/c1-22-16-8-7-14(11-15(16)19-23(2,20)21)18-10-9-12-3-5-13(17)6-4-12/h3-8,11,18-19H,9-10H2,1-2H3. The Kier molecular flexibility index (Phi) is 5.90. The van der Waals surface area contributed by atoms with E-state index < -0.39 is 10.0 Å². The van der Waals surface area contributed by atoms with Gasteiger partial charge in [0.15, 0.2) is 0 Å².